The third kappa shape index (κ3) is 5.36. The standard InChI is InChI=1S/C26H41N3O/c1-8-9-10-11-12-13-15-29-16-14-21-19(3)22(18(2)17-27)20(4)23(24(21)29)28-25(30)26(5,6)7/h18H,8-16H2,1-7H3,(H,28,30). The third-order valence-electron chi connectivity index (χ3n) is 6.43. The lowest BCUT2D eigenvalue weighted by atomic mass is 9.86. The number of benzene rings is 1. The molecule has 1 aliphatic rings. The fourth-order valence-electron chi connectivity index (χ4n) is 4.57. The molecule has 1 aromatic carbocycles. The summed E-state index contributed by atoms with van der Waals surface area (Å²) < 4.78 is 0. The van der Waals surface area contributed by atoms with E-state index in [1.54, 1.807) is 0 Å². The van der Waals surface area contributed by atoms with Crippen LogP contribution in [0.15, 0.2) is 0 Å². The van der Waals surface area contributed by atoms with Gasteiger partial charge in [-0.25, -0.2) is 0 Å². The first kappa shape index (κ1) is 24.3. The van der Waals surface area contributed by atoms with Gasteiger partial charge in [0.05, 0.1) is 23.4 Å². The van der Waals surface area contributed by atoms with Gasteiger partial charge < -0.3 is 10.2 Å². The van der Waals surface area contributed by atoms with E-state index in [-0.39, 0.29) is 11.8 Å². The van der Waals surface area contributed by atoms with Crippen LogP contribution in [0.5, 0.6) is 0 Å². The third-order valence-corrected chi connectivity index (χ3v) is 6.43. The van der Waals surface area contributed by atoms with Crippen molar-refractivity contribution >= 4 is 17.3 Å². The molecule has 0 spiro atoms. The lowest BCUT2D eigenvalue weighted by Crippen LogP contribution is -2.30. The smallest absolute Gasteiger partial charge is 0.229 e. The molecular weight excluding hydrogens is 370 g/mol. The van der Waals surface area contributed by atoms with Crippen LogP contribution in [-0.2, 0) is 11.2 Å². The fourth-order valence-corrected chi connectivity index (χ4v) is 4.57. The second-order valence-electron chi connectivity index (χ2n) is 9.93. The molecule has 1 unspecified atom stereocenters. The Balaban J connectivity index is 2.37. The summed E-state index contributed by atoms with van der Waals surface area (Å²) in [7, 11) is 0. The lowest BCUT2D eigenvalue weighted by Gasteiger charge is -2.28. The lowest BCUT2D eigenvalue weighted by molar-refractivity contribution is -0.123. The normalized spacial score (nSPS) is 14.4. The summed E-state index contributed by atoms with van der Waals surface area (Å²) in [6, 6.07) is 2.41. The summed E-state index contributed by atoms with van der Waals surface area (Å²) in [5.74, 6) is -0.160. The number of nitriles is 1. The van der Waals surface area contributed by atoms with Crippen LogP contribution in [0.25, 0.3) is 0 Å². The highest BCUT2D eigenvalue weighted by molar-refractivity contribution is 6.00. The molecule has 30 heavy (non-hydrogen) atoms. The number of carbonyl (C=O) groups excluding carboxylic acids is 1. The number of nitrogens with zero attached hydrogens (tertiary/aromatic N) is 2. The first-order valence-electron chi connectivity index (χ1n) is 11.7. The summed E-state index contributed by atoms with van der Waals surface area (Å²) in [5, 5.41) is 12.9. The largest absolute Gasteiger partial charge is 0.369 e. The van der Waals surface area contributed by atoms with Crippen LogP contribution >= 0.6 is 0 Å². The van der Waals surface area contributed by atoms with Crippen molar-refractivity contribution in [3.8, 4) is 6.07 Å². The Morgan fingerprint density at radius 2 is 1.77 bits per heavy atom. The molecule has 1 atom stereocenters. The molecular formula is C26H41N3O. The van der Waals surface area contributed by atoms with Crippen molar-refractivity contribution in [2.45, 2.75) is 99.3 Å². The molecule has 0 saturated carbocycles. The van der Waals surface area contributed by atoms with Crippen LogP contribution in [0.4, 0.5) is 11.4 Å². The molecule has 1 heterocycles. The van der Waals surface area contributed by atoms with E-state index in [0.29, 0.717) is 0 Å². The van der Waals surface area contributed by atoms with Gasteiger partial charge in [0.15, 0.2) is 0 Å². The minimum absolute atomic E-state index is 0.0265. The van der Waals surface area contributed by atoms with Crippen molar-refractivity contribution in [2.24, 2.45) is 5.41 Å². The summed E-state index contributed by atoms with van der Waals surface area (Å²) >= 11 is 0. The second-order valence-corrected chi connectivity index (χ2v) is 9.93. The number of carbonyl (C=O) groups is 1. The summed E-state index contributed by atoms with van der Waals surface area (Å²) in [4.78, 5) is 15.4. The molecule has 0 fully saturated rings. The minimum Gasteiger partial charge on any atom is -0.369 e. The van der Waals surface area contributed by atoms with Gasteiger partial charge in [-0.2, -0.15) is 5.26 Å². The van der Waals surface area contributed by atoms with E-state index in [1.807, 2.05) is 27.7 Å². The molecule has 4 nitrogen and oxygen atoms in total. The highest BCUT2D eigenvalue weighted by Gasteiger charge is 2.31. The predicted octanol–water partition coefficient (Wildman–Crippen LogP) is 6.64. The van der Waals surface area contributed by atoms with Crippen LogP contribution in [-0.4, -0.2) is 19.0 Å². The number of nitrogens with one attached hydrogen (secondary N) is 1. The maximum absolute atomic E-state index is 12.9. The van der Waals surface area contributed by atoms with E-state index in [4.69, 9.17) is 0 Å². The Labute approximate surface area is 184 Å². The molecule has 1 aromatic rings. The SMILES string of the molecule is CCCCCCCCN1CCc2c(C)c(C(C)C#N)c(C)c(NC(=O)C(C)(C)C)c21. The van der Waals surface area contributed by atoms with Gasteiger partial charge in [0.1, 0.15) is 0 Å². The van der Waals surface area contributed by atoms with Gasteiger partial charge in [0.2, 0.25) is 5.91 Å². The monoisotopic (exact) mass is 411 g/mol. The number of hydrogen-bond acceptors (Lipinski definition) is 3. The van der Waals surface area contributed by atoms with Crippen LogP contribution in [0.2, 0.25) is 0 Å². The van der Waals surface area contributed by atoms with E-state index in [9.17, 15) is 10.1 Å². The summed E-state index contributed by atoms with van der Waals surface area (Å²) in [5.41, 5.74) is 6.34. The molecule has 166 valence electrons. The van der Waals surface area contributed by atoms with E-state index in [1.165, 1.54) is 55.3 Å². The van der Waals surface area contributed by atoms with Gasteiger partial charge in [-0.05, 0) is 55.9 Å². The first-order chi connectivity index (χ1) is 14.1. The van der Waals surface area contributed by atoms with Crippen molar-refractivity contribution in [1.29, 1.82) is 5.26 Å². The zero-order valence-electron chi connectivity index (χ0n) is 20.2. The summed E-state index contributed by atoms with van der Waals surface area (Å²) in [6.07, 6.45) is 8.67. The average molecular weight is 412 g/mol. The maximum Gasteiger partial charge on any atom is 0.229 e. The zero-order valence-corrected chi connectivity index (χ0v) is 20.2. The molecule has 1 amide bonds. The predicted molar refractivity (Wildman–Crippen MR) is 127 cm³/mol. The van der Waals surface area contributed by atoms with Crippen molar-refractivity contribution in [3.05, 3.63) is 22.3 Å². The van der Waals surface area contributed by atoms with Gasteiger partial charge in [-0.3, -0.25) is 4.79 Å². The first-order valence-corrected chi connectivity index (χ1v) is 11.7. The van der Waals surface area contributed by atoms with Gasteiger partial charge in [0.25, 0.3) is 0 Å². The number of fused-ring (bicyclic) bond motifs is 1. The van der Waals surface area contributed by atoms with Crippen LogP contribution < -0.4 is 10.2 Å². The molecule has 1 aliphatic heterocycles. The van der Waals surface area contributed by atoms with Crippen LogP contribution in [0, 0.1) is 30.6 Å². The van der Waals surface area contributed by atoms with Gasteiger partial charge in [-0.1, -0.05) is 59.8 Å². The Hall–Kier alpha value is -2.02. The molecule has 1 N–H and O–H groups in total. The van der Waals surface area contributed by atoms with E-state index in [0.717, 1.165) is 36.3 Å². The zero-order chi connectivity index (χ0) is 22.5. The number of anilines is 2. The topological polar surface area (TPSA) is 56.1 Å². The highest BCUT2D eigenvalue weighted by Crippen LogP contribution is 2.45. The summed E-state index contributed by atoms with van der Waals surface area (Å²) in [6.45, 7) is 16.3. The molecule has 0 radical (unpaired) electrons. The molecule has 4 heteroatoms. The van der Waals surface area contributed by atoms with Crippen molar-refractivity contribution < 1.29 is 4.79 Å². The van der Waals surface area contributed by atoms with E-state index in [2.05, 4.69) is 37.1 Å². The minimum atomic E-state index is -0.464. The highest BCUT2D eigenvalue weighted by atomic mass is 16.2. The Morgan fingerprint density at radius 1 is 1.13 bits per heavy atom. The van der Waals surface area contributed by atoms with Crippen molar-refractivity contribution in [2.75, 3.05) is 23.3 Å². The quantitative estimate of drug-likeness (QED) is 0.463. The second kappa shape index (κ2) is 10.3. The Bertz CT molecular complexity index is 798. The molecule has 0 saturated heterocycles. The average Bonchev–Trinajstić information content (AvgIpc) is 3.10. The molecule has 2 rings (SSSR count). The van der Waals surface area contributed by atoms with Crippen molar-refractivity contribution in [3.63, 3.8) is 0 Å². The van der Waals surface area contributed by atoms with Crippen molar-refractivity contribution in [1.82, 2.24) is 0 Å². The van der Waals surface area contributed by atoms with E-state index >= 15 is 0 Å². The van der Waals surface area contributed by atoms with Gasteiger partial charge in [-0.15, -0.1) is 0 Å². The molecule has 0 bridgehead atoms. The van der Waals surface area contributed by atoms with Crippen LogP contribution in [0.1, 0.15) is 101 Å². The Morgan fingerprint density at radius 3 is 2.37 bits per heavy atom. The molecule has 0 aliphatic carbocycles. The number of unbranched alkanes of at least 4 members (excludes halogenated alkanes) is 5. The number of rotatable bonds is 9. The van der Waals surface area contributed by atoms with Crippen LogP contribution in [0.3, 0.4) is 0 Å². The number of hydrogen-bond donors (Lipinski definition) is 1. The fraction of sp³-hybridized carbons (Fsp3) is 0.692. The van der Waals surface area contributed by atoms with Gasteiger partial charge >= 0.3 is 0 Å². The maximum atomic E-state index is 12.9. The van der Waals surface area contributed by atoms with E-state index < -0.39 is 5.41 Å². The number of amides is 1. The van der Waals surface area contributed by atoms with Gasteiger partial charge in [0, 0.05) is 18.5 Å². The Kier molecular flexibility index (Phi) is 8.35. The molecule has 0 aromatic heterocycles.